The number of hydrogen-bond acceptors (Lipinski definition) is 4. The van der Waals surface area contributed by atoms with Gasteiger partial charge in [-0.3, -0.25) is 9.59 Å². The zero-order valence-electron chi connectivity index (χ0n) is 8.65. The summed E-state index contributed by atoms with van der Waals surface area (Å²) in [5.74, 6) is -2.41. The highest BCUT2D eigenvalue weighted by molar-refractivity contribution is 5.79. The lowest BCUT2D eigenvalue weighted by Gasteiger charge is -2.17. The number of aliphatic carboxylic acids is 1. The number of hydrogen-bond donors (Lipinski definition) is 1. The van der Waals surface area contributed by atoms with Gasteiger partial charge in [0.2, 0.25) is 0 Å². The molecule has 0 fully saturated rings. The Bertz CT molecular complexity index is 201. The average molecular weight is 204 g/mol. The monoisotopic (exact) mass is 204 g/mol. The number of methoxy groups -OCH3 is 1. The van der Waals surface area contributed by atoms with E-state index in [1.165, 1.54) is 7.11 Å². The lowest BCUT2D eigenvalue weighted by atomic mass is 10.00. The van der Waals surface area contributed by atoms with Gasteiger partial charge in [0, 0.05) is 7.11 Å². The molecule has 2 atom stereocenters. The van der Waals surface area contributed by atoms with Gasteiger partial charge >= 0.3 is 11.9 Å². The van der Waals surface area contributed by atoms with Gasteiger partial charge in [-0.05, 0) is 13.8 Å². The first kappa shape index (κ1) is 12.9. The molecule has 0 saturated heterocycles. The van der Waals surface area contributed by atoms with Crippen LogP contribution in [0.4, 0.5) is 0 Å². The van der Waals surface area contributed by atoms with Gasteiger partial charge in [0.1, 0.15) is 0 Å². The summed E-state index contributed by atoms with van der Waals surface area (Å²) < 4.78 is 9.52. The van der Waals surface area contributed by atoms with E-state index in [9.17, 15) is 9.59 Å². The van der Waals surface area contributed by atoms with Crippen molar-refractivity contribution in [1.82, 2.24) is 0 Å². The first-order valence-corrected chi connectivity index (χ1v) is 4.44. The number of esters is 1. The zero-order chi connectivity index (χ0) is 11.1. The molecule has 0 aromatic carbocycles. The summed E-state index contributed by atoms with van der Waals surface area (Å²) in [6.45, 7) is 3.54. The molecule has 0 aliphatic rings. The quantitative estimate of drug-likeness (QED) is 0.644. The summed E-state index contributed by atoms with van der Waals surface area (Å²) in [7, 11) is 1.41. The molecule has 0 rings (SSSR count). The van der Waals surface area contributed by atoms with Crippen LogP contribution < -0.4 is 0 Å². The molecule has 14 heavy (non-hydrogen) atoms. The first-order chi connectivity index (χ1) is 6.52. The van der Waals surface area contributed by atoms with Crippen molar-refractivity contribution in [3.63, 3.8) is 0 Å². The third kappa shape index (κ3) is 4.23. The van der Waals surface area contributed by atoms with E-state index in [0.29, 0.717) is 0 Å². The van der Waals surface area contributed by atoms with Crippen LogP contribution in [-0.4, -0.2) is 36.9 Å². The van der Waals surface area contributed by atoms with Gasteiger partial charge in [0.25, 0.3) is 0 Å². The molecule has 0 bridgehead atoms. The van der Waals surface area contributed by atoms with Crippen molar-refractivity contribution in [2.24, 2.45) is 5.92 Å². The molecule has 82 valence electrons. The molecule has 0 spiro atoms. The van der Waals surface area contributed by atoms with Crippen molar-refractivity contribution in [3.05, 3.63) is 0 Å². The van der Waals surface area contributed by atoms with Crippen LogP contribution in [0.1, 0.15) is 20.3 Å². The van der Waals surface area contributed by atoms with Gasteiger partial charge in [-0.15, -0.1) is 0 Å². The highest BCUT2D eigenvalue weighted by atomic mass is 16.5. The average Bonchev–Trinajstić information content (AvgIpc) is 2.13. The lowest BCUT2D eigenvalue weighted by Crippen LogP contribution is -2.30. The SMILES string of the molecule is CCOC(=O)CC(C(=O)O)C(C)OC. The molecular formula is C9H16O5. The second-order valence-corrected chi connectivity index (χ2v) is 2.89. The van der Waals surface area contributed by atoms with Crippen LogP contribution in [-0.2, 0) is 19.1 Å². The number of carbonyl (C=O) groups excluding carboxylic acids is 1. The molecule has 0 radical (unpaired) electrons. The van der Waals surface area contributed by atoms with Crippen molar-refractivity contribution >= 4 is 11.9 Å². The largest absolute Gasteiger partial charge is 0.481 e. The van der Waals surface area contributed by atoms with Gasteiger partial charge < -0.3 is 14.6 Å². The standard InChI is InChI=1S/C9H16O5/c1-4-14-8(10)5-7(9(11)12)6(2)13-3/h6-7H,4-5H2,1-3H3,(H,11,12). The Morgan fingerprint density at radius 2 is 2.00 bits per heavy atom. The van der Waals surface area contributed by atoms with E-state index in [-0.39, 0.29) is 13.0 Å². The summed E-state index contributed by atoms with van der Waals surface area (Å²) in [6, 6.07) is 0. The van der Waals surface area contributed by atoms with Gasteiger partial charge in [0.15, 0.2) is 0 Å². The van der Waals surface area contributed by atoms with Crippen LogP contribution in [0.15, 0.2) is 0 Å². The summed E-state index contributed by atoms with van der Waals surface area (Å²) in [5.41, 5.74) is 0. The Balaban J connectivity index is 4.23. The predicted octanol–water partition coefficient (Wildman–Crippen LogP) is 0.675. The maximum absolute atomic E-state index is 11.0. The van der Waals surface area contributed by atoms with E-state index in [1.54, 1.807) is 13.8 Å². The Morgan fingerprint density at radius 1 is 1.43 bits per heavy atom. The van der Waals surface area contributed by atoms with E-state index in [1.807, 2.05) is 0 Å². The van der Waals surface area contributed by atoms with Crippen LogP contribution in [0.5, 0.6) is 0 Å². The Kier molecular flexibility index (Phi) is 5.87. The number of carboxylic acid groups (broad SMARTS) is 1. The Morgan fingerprint density at radius 3 is 2.36 bits per heavy atom. The van der Waals surface area contributed by atoms with Crippen molar-refractivity contribution in [2.45, 2.75) is 26.4 Å². The fourth-order valence-electron chi connectivity index (χ4n) is 1.02. The first-order valence-electron chi connectivity index (χ1n) is 4.44. The molecule has 0 aromatic rings. The Hall–Kier alpha value is -1.10. The second kappa shape index (κ2) is 6.37. The molecule has 0 aromatic heterocycles. The van der Waals surface area contributed by atoms with E-state index in [4.69, 9.17) is 9.84 Å². The molecule has 2 unspecified atom stereocenters. The topological polar surface area (TPSA) is 72.8 Å². The van der Waals surface area contributed by atoms with Crippen molar-refractivity contribution in [2.75, 3.05) is 13.7 Å². The number of carbonyl (C=O) groups is 2. The molecule has 0 heterocycles. The maximum Gasteiger partial charge on any atom is 0.309 e. The minimum absolute atomic E-state index is 0.155. The van der Waals surface area contributed by atoms with Gasteiger partial charge in [-0.25, -0.2) is 0 Å². The second-order valence-electron chi connectivity index (χ2n) is 2.89. The maximum atomic E-state index is 11.0. The highest BCUT2D eigenvalue weighted by Gasteiger charge is 2.27. The minimum Gasteiger partial charge on any atom is -0.481 e. The third-order valence-corrected chi connectivity index (χ3v) is 1.95. The van der Waals surface area contributed by atoms with Crippen LogP contribution in [0.2, 0.25) is 0 Å². The van der Waals surface area contributed by atoms with Crippen LogP contribution in [0, 0.1) is 5.92 Å². The van der Waals surface area contributed by atoms with E-state index >= 15 is 0 Å². The van der Waals surface area contributed by atoms with Crippen molar-refractivity contribution in [1.29, 1.82) is 0 Å². The normalized spacial score (nSPS) is 14.5. The molecule has 0 aliphatic heterocycles. The summed E-state index contributed by atoms with van der Waals surface area (Å²) >= 11 is 0. The molecule has 5 heteroatoms. The smallest absolute Gasteiger partial charge is 0.309 e. The number of ether oxygens (including phenoxy) is 2. The molecule has 0 saturated carbocycles. The molecule has 0 aliphatic carbocycles. The van der Waals surface area contributed by atoms with E-state index in [2.05, 4.69) is 4.74 Å². The highest BCUT2D eigenvalue weighted by Crippen LogP contribution is 2.12. The molecule has 0 amide bonds. The fraction of sp³-hybridized carbons (Fsp3) is 0.778. The van der Waals surface area contributed by atoms with Crippen molar-refractivity contribution in [3.8, 4) is 0 Å². The fourth-order valence-corrected chi connectivity index (χ4v) is 1.02. The van der Waals surface area contributed by atoms with Crippen LogP contribution in [0.25, 0.3) is 0 Å². The summed E-state index contributed by atoms with van der Waals surface area (Å²) in [5, 5.41) is 8.80. The Labute approximate surface area is 83.0 Å². The predicted molar refractivity (Wildman–Crippen MR) is 48.8 cm³/mol. The number of carboxylic acids is 1. The van der Waals surface area contributed by atoms with Crippen LogP contribution in [0.3, 0.4) is 0 Å². The van der Waals surface area contributed by atoms with Crippen molar-refractivity contribution < 1.29 is 24.2 Å². The van der Waals surface area contributed by atoms with Crippen LogP contribution >= 0.6 is 0 Å². The van der Waals surface area contributed by atoms with E-state index < -0.39 is 24.0 Å². The van der Waals surface area contributed by atoms with Gasteiger partial charge in [-0.2, -0.15) is 0 Å². The summed E-state index contributed by atoms with van der Waals surface area (Å²) in [6.07, 6.45) is -0.657. The molecule has 1 N–H and O–H groups in total. The summed E-state index contributed by atoms with van der Waals surface area (Å²) in [4.78, 5) is 21.8. The third-order valence-electron chi connectivity index (χ3n) is 1.95. The minimum atomic E-state index is -1.05. The molecule has 5 nitrogen and oxygen atoms in total. The zero-order valence-corrected chi connectivity index (χ0v) is 8.65. The lowest BCUT2D eigenvalue weighted by molar-refractivity contribution is -0.155. The molecular weight excluding hydrogens is 188 g/mol. The van der Waals surface area contributed by atoms with Gasteiger partial charge in [-0.1, -0.05) is 0 Å². The number of rotatable bonds is 6. The van der Waals surface area contributed by atoms with E-state index in [0.717, 1.165) is 0 Å². The van der Waals surface area contributed by atoms with Gasteiger partial charge in [0.05, 0.1) is 25.0 Å².